The lowest BCUT2D eigenvalue weighted by molar-refractivity contribution is 0.631. The van der Waals surface area contributed by atoms with Crippen LogP contribution in [0.5, 0.6) is 0 Å². The standard InChI is InChI=1S/C40H34N4/c1-39(2)29-13-5-9-17-33(29)43(34-18-10-6-14-30(34)39)37-25-41-23-21-27(37)28-22-24-42-26-38(28)44-35-19-11-7-15-31(35)40(3,4)32-16-8-12-20-36(32)44/h5-26H,1-4H3. The first-order valence-corrected chi connectivity index (χ1v) is 15.3. The van der Waals surface area contributed by atoms with Crippen molar-refractivity contribution in [3.63, 3.8) is 0 Å². The smallest absolute Gasteiger partial charge is 0.0724 e. The molecule has 4 heterocycles. The fraction of sp³-hybridized carbons (Fsp3) is 0.150. The van der Waals surface area contributed by atoms with Gasteiger partial charge in [-0.25, -0.2) is 0 Å². The van der Waals surface area contributed by atoms with Crippen LogP contribution in [0.3, 0.4) is 0 Å². The van der Waals surface area contributed by atoms with Gasteiger partial charge < -0.3 is 9.80 Å². The van der Waals surface area contributed by atoms with E-state index in [0.717, 1.165) is 22.5 Å². The number of benzene rings is 4. The van der Waals surface area contributed by atoms with Crippen LogP contribution in [0.4, 0.5) is 34.1 Å². The second-order valence-electron chi connectivity index (χ2n) is 12.8. The Morgan fingerprint density at radius 2 is 0.682 bits per heavy atom. The number of nitrogens with zero attached hydrogens (tertiary/aromatic N) is 4. The molecule has 2 aliphatic heterocycles. The lowest BCUT2D eigenvalue weighted by Gasteiger charge is -2.43. The molecule has 0 saturated heterocycles. The van der Waals surface area contributed by atoms with E-state index in [9.17, 15) is 0 Å². The van der Waals surface area contributed by atoms with Gasteiger partial charge in [0.05, 0.1) is 46.5 Å². The molecule has 0 spiro atoms. The quantitative estimate of drug-likeness (QED) is 0.212. The molecular formula is C40H34N4. The Labute approximate surface area is 259 Å². The fourth-order valence-electron chi connectivity index (χ4n) is 7.44. The molecule has 0 N–H and O–H groups in total. The van der Waals surface area contributed by atoms with Crippen LogP contribution >= 0.6 is 0 Å². The molecule has 214 valence electrons. The number of hydrogen-bond acceptors (Lipinski definition) is 4. The van der Waals surface area contributed by atoms with E-state index in [0.29, 0.717) is 0 Å². The van der Waals surface area contributed by atoms with Crippen LogP contribution in [-0.2, 0) is 10.8 Å². The molecule has 0 radical (unpaired) electrons. The highest BCUT2D eigenvalue weighted by Crippen LogP contribution is 2.56. The molecule has 8 rings (SSSR count). The molecule has 6 aromatic rings. The van der Waals surface area contributed by atoms with E-state index < -0.39 is 0 Å². The molecular weight excluding hydrogens is 536 g/mol. The topological polar surface area (TPSA) is 32.3 Å². The SMILES string of the molecule is CC1(C)c2ccccc2N(c2cnccc2-c2ccncc2N2c3ccccc3C(C)(C)c3ccccc32)c2ccccc21. The summed E-state index contributed by atoms with van der Waals surface area (Å²) >= 11 is 0. The summed E-state index contributed by atoms with van der Waals surface area (Å²) in [5, 5.41) is 0. The summed E-state index contributed by atoms with van der Waals surface area (Å²) in [4.78, 5) is 14.2. The van der Waals surface area contributed by atoms with Gasteiger partial charge in [-0.15, -0.1) is 0 Å². The molecule has 0 atom stereocenters. The number of aromatic nitrogens is 2. The Hall–Kier alpha value is -5.22. The third kappa shape index (κ3) is 3.70. The number of hydrogen-bond donors (Lipinski definition) is 0. The van der Waals surface area contributed by atoms with Crippen molar-refractivity contribution < 1.29 is 0 Å². The first-order chi connectivity index (χ1) is 21.4. The van der Waals surface area contributed by atoms with Gasteiger partial charge in [-0.3, -0.25) is 9.97 Å². The van der Waals surface area contributed by atoms with E-state index in [-0.39, 0.29) is 10.8 Å². The Morgan fingerprint density at radius 1 is 0.386 bits per heavy atom. The first kappa shape index (κ1) is 26.4. The maximum Gasteiger partial charge on any atom is 0.0724 e. The second-order valence-corrected chi connectivity index (χ2v) is 12.8. The summed E-state index contributed by atoms with van der Waals surface area (Å²) in [6, 6.07) is 39.4. The van der Waals surface area contributed by atoms with Crippen molar-refractivity contribution in [3.05, 3.63) is 156 Å². The molecule has 4 aromatic carbocycles. The van der Waals surface area contributed by atoms with Gasteiger partial charge in [0.25, 0.3) is 0 Å². The Morgan fingerprint density at radius 3 is 1.00 bits per heavy atom. The van der Waals surface area contributed by atoms with Gasteiger partial charge in [0.2, 0.25) is 0 Å². The largest absolute Gasteiger partial charge is 0.308 e. The van der Waals surface area contributed by atoms with Crippen LogP contribution in [0.2, 0.25) is 0 Å². The second kappa shape index (κ2) is 9.65. The summed E-state index contributed by atoms with van der Waals surface area (Å²) in [6.07, 6.45) is 7.81. The highest BCUT2D eigenvalue weighted by molar-refractivity contribution is 5.98. The number of anilines is 6. The molecule has 2 aliphatic rings. The Bertz CT molecular complexity index is 1810. The molecule has 0 amide bonds. The van der Waals surface area contributed by atoms with Crippen LogP contribution in [0.15, 0.2) is 134 Å². The van der Waals surface area contributed by atoms with E-state index >= 15 is 0 Å². The first-order valence-electron chi connectivity index (χ1n) is 15.3. The van der Waals surface area contributed by atoms with Crippen LogP contribution < -0.4 is 9.80 Å². The lowest BCUT2D eigenvalue weighted by atomic mass is 9.73. The third-order valence-electron chi connectivity index (χ3n) is 9.65. The normalized spacial score (nSPS) is 15.5. The van der Waals surface area contributed by atoms with Gasteiger partial charge in [-0.1, -0.05) is 100 Å². The van der Waals surface area contributed by atoms with Crippen molar-refractivity contribution in [2.75, 3.05) is 9.80 Å². The molecule has 0 aliphatic carbocycles. The Balaban J connectivity index is 1.38. The fourth-order valence-corrected chi connectivity index (χ4v) is 7.44. The number of pyridine rings is 2. The molecule has 0 bridgehead atoms. The van der Waals surface area contributed by atoms with E-state index in [1.54, 1.807) is 0 Å². The summed E-state index contributed by atoms with van der Waals surface area (Å²) < 4.78 is 0. The van der Waals surface area contributed by atoms with E-state index in [4.69, 9.17) is 9.97 Å². The highest BCUT2D eigenvalue weighted by Gasteiger charge is 2.39. The predicted octanol–water partition coefficient (Wildman–Crippen LogP) is 10.4. The minimum absolute atomic E-state index is 0.137. The summed E-state index contributed by atoms with van der Waals surface area (Å²) in [7, 11) is 0. The number of fused-ring (bicyclic) bond motifs is 4. The minimum atomic E-state index is -0.137. The zero-order valence-corrected chi connectivity index (χ0v) is 25.5. The van der Waals surface area contributed by atoms with E-state index in [2.05, 4.69) is 147 Å². The van der Waals surface area contributed by atoms with Gasteiger partial charge in [-0.05, 0) is 58.7 Å². The molecule has 0 unspecified atom stereocenters. The van der Waals surface area contributed by atoms with Crippen molar-refractivity contribution in [2.24, 2.45) is 0 Å². The van der Waals surface area contributed by atoms with Crippen LogP contribution in [-0.4, -0.2) is 9.97 Å². The molecule has 44 heavy (non-hydrogen) atoms. The average Bonchev–Trinajstić information content (AvgIpc) is 3.06. The number of rotatable bonds is 3. The minimum Gasteiger partial charge on any atom is -0.308 e. The van der Waals surface area contributed by atoms with Gasteiger partial charge in [0.15, 0.2) is 0 Å². The van der Waals surface area contributed by atoms with E-state index in [1.165, 1.54) is 45.0 Å². The zero-order valence-electron chi connectivity index (χ0n) is 25.5. The van der Waals surface area contributed by atoms with Crippen LogP contribution in [0.25, 0.3) is 11.1 Å². The van der Waals surface area contributed by atoms with Crippen molar-refractivity contribution >= 4 is 34.1 Å². The van der Waals surface area contributed by atoms with Crippen molar-refractivity contribution in [1.82, 2.24) is 9.97 Å². The summed E-state index contributed by atoms with van der Waals surface area (Å²) in [5.41, 5.74) is 13.9. The lowest BCUT2D eigenvalue weighted by Crippen LogP contribution is -2.31. The molecule has 0 fully saturated rings. The highest BCUT2D eigenvalue weighted by atomic mass is 15.2. The monoisotopic (exact) mass is 570 g/mol. The maximum absolute atomic E-state index is 4.69. The molecule has 2 aromatic heterocycles. The van der Waals surface area contributed by atoms with Crippen molar-refractivity contribution in [3.8, 4) is 11.1 Å². The maximum atomic E-state index is 4.69. The number of para-hydroxylation sites is 4. The molecule has 0 saturated carbocycles. The zero-order chi connectivity index (χ0) is 30.1. The summed E-state index contributed by atoms with van der Waals surface area (Å²) in [6.45, 7) is 9.28. The van der Waals surface area contributed by atoms with Crippen molar-refractivity contribution in [2.45, 2.75) is 38.5 Å². The molecule has 4 nitrogen and oxygen atoms in total. The van der Waals surface area contributed by atoms with Gasteiger partial charge in [0, 0.05) is 34.4 Å². The van der Waals surface area contributed by atoms with Gasteiger partial charge in [-0.2, -0.15) is 0 Å². The van der Waals surface area contributed by atoms with Crippen molar-refractivity contribution in [1.29, 1.82) is 0 Å². The predicted molar refractivity (Wildman–Crippen MR) is 181 cm³/mol. The Kier molecular flexibility index (Phi) is 5.79. The molecule has 4 heteroatoms. The summed E-state index contributed by atoms with van der Waals surface area (Å²) in [5.74, 6) is 0. The average molecular weight is 571 g/mol. The van der Waals surface area contributed by atoms with E-state index in [1.807, 2.05) is 24.8 Å². The van der Waals surface area contributed by atoms with Crippen LogP contribution in [0.1, 0.15) is 49.9 Å². The van der Waals surface area contributed by atoms with Gasteiger partial charge >= 0.3 is 0 Å². The van der Waals surface area contributed by atoms with Crippen LogP contribution in [0, 0.1) is 0 Å². The third-order valence-corrected chi connectivity index (χ3v) is 9.65. The van der Waals surface area contributed by atoms with Gasteiger partial charge in [0.1, 0.15) is 0 Å².